The summed E-state index contributed by atoms with van der Waals surface area (Å²) in [6.07, 6.45) is 10.2. The highest BCUT2D eigenvalue weighted by Gasteiger charge is 2.11. The van der Waals surface area contributed by atoms with Gasteiger partial charge in [0.25, 0.3) is 0 Å². The lowest BCUT2D eigenvalue weighted by Crippen LogP contribution is -2.38. The minimum absolute atomic E-state index is 0.297. The third kappa shape index (κ3) is 8.45. The Labute approximate surface area is 229 Å². The fourth-order valence-electron chi connectivity index (χ4n) is 3.98. The van der Waals surface area contributed by atoms with Gasteiger partial charge in [-0.1, -0.05) is 31.5 Å². The molecule has 3 heterocycles. The predicted octanol–water partition coefficient (Wildman–Crippen LogP) is 3.22. The minimum atomic E-state index is 0.297. The molecule has 0 saturated carbocycles. The molecule has 1 saturated heterocycles. The first-order valence-corrected chi connectivity index (χ1v) is 13.3. The first kappa shape index (κ1) is 27.9. The smallest absolute Gasteiger partial charge is 0.169 e. The fraction of sp³-hybridized carbons (Fsp3) is 0.393. The summed E-state index contributed by atoms with van der Waals surface area (Å²) in [5, 5.41) is 14.2. The second kappa shape index (κ2) is 14.7. The molecule has 3 aromatic rings. The SMILES string of the molecule is CCCCN/C=C(\C=N)c1cnc(N)c(NCc2cccc(-c3ncc(OCCN4CCOCC4)cn3)c2)n1. The van der Waals surface area contributed by atoms with Gasteiger partial charge in [-0.2, -0.15) is 0 Å². The third-order valence-electron chi connectivity index (χ3n) is 6.24. The molecule has 4 rings (SSSR count). The Morgan fingerprint density at radius 3 is 2.77 bits per heavy atom. The van der Waals surface area contributed by atoms with Gasteiger partial charge in [-0.05, 0) is 18.1 Å². The van der Waals surface area contributed by atoms with Crippen molar-refractivity contribution in [3.63, 3.8) is 0 Å². The maximum Gasteiger partial charge on any atom is 0.169 e. The van der Waals surface area contributed by atoms with Crippen LogP contribution in [-0.2, 0) is 11.3 Å². The molecule has 11 nitrogen and oxygen atoms in total. The van der Waals surface area contributed by atoms with Crippen molar-refractivity contribution in [3.8, 4) is 17.1 Å². The summed E-state index contributed by atoms with van der Waals surface area (Å²) in [5.74, 6) is 2.03. The fourth-order valence-corrected chi connectivity index (χ4v) is 3.98. The monoisotopic (exact) mass is 531 g/mol. The highest BCUT2D eigenvalue weighted by atomic mass is 16.5. The van der Waals surface area contributed by atoms with E-state index in [2.05, 4.69) is 42.4 Å². The van der Waals surface area contributed by atoms with E-state index in [0.717, 1.165) is 63.4 Å². The number of anilines is 2. The Kier molecular flexibility index (Phi) is 10.6. The van der Waals surface area contributed by atoms with E-state index >= 15 is 0 Å². The van der Waals surface area contributed by atoms with Crippen molar-refractivity contribution < 1.29 is 9.47 Å². The Bertz CT molecular complexity index is 1230. The summed E-state index contributed by atoms with van der Waals surface area (Å²) in [7, 11) is 0. The second-order valence-corrected chi connectivity index (χ2v) is 9.14. The molecular weight excluding hydrogens is 494 g/mol. The standard InChI is InChI=1S/C28H37N9O2/c1-2-3-7-31-17-23(15-29)25-20-32-26(30)28(36-25)33-16-21-5-4-6-22(14-21)27-34-18-24(19-35-27)39-13-10-37-8-11-38-12-9-37/h4-6,14-15,17-20,29,31H,2-3,7-13,16H2,1H3,(H2,30,32)(H,33,36)/b23-17+,29-15?. The molecule has 0 atom stereocenters. The molecule has 11 heteroatoms. The second-order valence-electron chi connectivity index (χ2n) is 9.14. The van der Waals surface area contributed by atoms with Gasteiger partial charge in [-0.3, -0.25) is 4.90 Å². The molecule has 0 unspecified atom stereocenters. The average Bonchev–Trinajstić information content (AvgIpc) is 2.98. The van der Waals surface area contributed by atoms with Gasteiger partial charge in [0.1, 0.15) is 6.61 Å². The molecule has 1 aliphatic heterocycles. The zero-order chi connectivity index (χ0) is 27.3. The normalized spacial score (nSPS) is 14.1. The number of unbranched alkanes of at least 4 members (excludes halogenated alkanes) is 1. The number of morpholine rings is 1. The lowest BCUT2D eigenvalue weighted by molar-refractivity contribution is 0.0322. The van der Waals surface area contributed by atoms with E-state index in [1.165, 1.54) is 6.21 Å². The zero-order valence-corrected chi connectivity index (χ0v) is 22.4. The maximum atomic E-state index is 7.75. The molecule has 0 amide bonds. The summed E-state index contributed by atoms with van der Waals surface area (Å²) in [5.41, 5.74) is 9.19. The van der Waals surface area contributed by atoms with Crippen LogP contribution in [0.25, 0.3) is 17.0 Å². The molecular formula is C28H37N9O2. The number of aromatic nitrogens is 4. The molecule has 1 aliphatic rings. The van der Waals surface area contributed by atoms with Crippen LogP contribution in [-0.4, -0.2) is 77.1 Å². The Morgan fingerprint density at radius 2 is 2.00 bits per heavy atom. The zero-order valence-electron chi connectivity index (χ0n) is 22.4. The van der Waals surface area contributed by atoms with Gasteiger partial charge in [-0.25, -0.2) is 19.9 Å². The van der Waals surface area contributed by atoms with Crippen molar-refractivity contribution in [1.82, 2.24) is 30.2 Å². The van der Waals surface area contributed by atoms with Gasteiger partial charge in [0.15, 0.2) is 23.2 Å². The molecule has 206 valence electrons. The highest BCUT2D eigenvalue weighted by Crippen LogP contribution is 2.21. The van der Waals surface area contributed by atoms with Crippen LogP contribution >= 0.6 is 0 Å². The van der Waals surface area contributed by atoms with Crippen molar-refractivity contribution in [2.75, 3.05) is 57.1 Å². The van der Waals surface area contributed by atoms with Crippen molar-refractivity contribution in [2.24, 2.45) is 0 Å². The van der Waals surface area contributed by atoms with E-state index in [0.29, 0.717) is 47.6 Å². The van der Waals surface area contributed by atoms with Gasteiger partial charge in [0.2, 0.25) is 0 Å². The Morgan fingerprint density at radius 1 is 1.18 bits per heavy atom. The van der Waals surface area contributed by atoms with Crippen LogP contribution in [0, 0.1) is 5.41 Å². The van der Waals surface area contributed by atoms with E-state index in [-0.39, 0.29) is 0 Å². The van der Waals surface area contributed by atoms with Crippen molar-refractivity contribution in [2.45, 2.75) is 26.3 Å². The van der Waals surface area contributed by atoms with Crippen molar-refractivity contribution in [3.05, 3.63) is 60.3 Å². The average molecular weight is 532 g/mol. The van der Waals surface area contributed by atoms with E-state index < -0.39 is 0 Å². The highest BCUT2D eigenvalue weighted by molar-refractivity contribution is 6.07. The third-order valence-corrected chi connectivity index (χ3v) is 6.24. The van der Waals surface area contributed by atoms with E-state index in [4.69, 9.17) is 20.6 Å². The number of nitrogen functional groups attached to an aromatic ring is 1. The molecule has 2 aromatic heterocycles. The van der Waals surface area contributed by atoms with Gasteiger partial charge in [-0.15, -0.1) is 0 Å². The summed E-state index contributed by atoms with van der Waals surface area (Å²) in [4.78, 5) is 20.2. The number of benzene rings is 1. The van der Waals surface area contributed by atoms with Crippen LogP contribution in [0.5, 0.6) is 5.75 Å². The number of nitrogens with two attached hydrogens (primary N) is 1. The van der Waals surface area contributed by atoms with Gasteiger partial charge < -0.3 is 31.3 Å². The Hall–Kier alpha value is -4.09. The summed E-state index contributed by atoms with van der Waals surface area (Å²) >= 11 is 0. The van der Waals surface area contributed by atoms with Gasteiger partial charge in [0, 0.05) is 56.3 Å². The Balaban J connectivity index is 1.34. The number of rotatable bonds is 14. The van der Waals surface area contributed by atoms with Gasteiger partial charge >= 0.3 is 0 Å². The van der Waals surface area contributed by atoms with Gasteiger partial charge in [0.05, 0.1) is 37.5 Å². The molecule has 0 spiro atoms. The molecule has 0 radical (unpaired) electrons. The first-order valence-electron chi connectivity index (χ1n) is 13.3. The summed E-state index contributed by atoms with van der Waals surface area (Å²) < 4.78 is 11.2. The first-order chi connectivity index (χ1) is 19.2. The van der Waals surface area contributed by atoms with Crippen LogP contribution in [0.4, 0.5) is 11.6 Å². The molecule has 1 fully saturated rings. The van der Waals surface area contributed by atoms with Crippen LogP contribution < -0.4 is 21.1 Å². The molecule has 0 aliphatic carbocycles. The molecule has 0 bridgehead atoms. The number of hydrogen-bond acceptors (Lipinski definition) is 11. The maximum absolute atomic E-state index is 7.75. The van der Waals surface area contributed by atoms with Crippen LogP contribution in [0.2, 0.25) is 0 Å². The number of hydrogen-bond donors (Lipinski definition) is 4. The molecule has 5 N–H and O–H groups in total. The minimum Gasteiger partial charge on any atom is -0.489 e. The number of nitrogens with one attached hydrogen (secondary N) is 3. The summed E-state index contributed by atoms with van der Waals surface area (Å²) in [6, 6.07) is 7.97. The van der Waals surface area contributed by atoms with Crippen LogP contribution in [0.15, 0.2) is 49.1 Å². The lowest BCUT2D eigenvalue weighted by atomic mass is 10.1. The molecule has 1 aromatic carbocycles. The van der Waals surface area contributed by atoms with Crippen LogP contribution in [0.3, 0.4) is 0 Å². The van der Waals surface area contributed by atoms with Crippen molar-refractivity contribution in [1.29, 1.82) is 5.41 Å². The quantitative estimate of drug-likeness (QED) is 0.181. The lowest BCUT2D eigenvalue weighted by Gasteiger charge is -2.26. The van der Waals surface area contributed by atoms with Crippen LogP contribution in [0.1, 0.15) is 31.0 Å². The summed E-state index contributed by atoms with van der Waals surface area (Å²) in [6.45, 7) is 8.33. The predicted molar refractivity (Wildman–Crippen MR) is 154 cm³/mol. The van der Waals surface area contributed by atoms with E-state index in [9.17, 15) is 0 Å². The van der Waals surface area contributed by atoms with E-state index in [1.807, 2.05) is 24.3 Å². The largest absolute Gasteiger partial charge is 0.489 e. The topological polar surface area (TPSA) is 147 Å². The van der Waals surface area contributed by atoms with E-state index in [1.54, 1.807) is 24.8 Å². The number of ether oxygens (including phenoxy) is 2. The molecule has 39 heavy (non-hydrogen) atoms. The number of nitrogens with zero attached hydrogens (tertiary/aromatic N) is 5. The van der Waals surface area contributed by atoms with Crippen molar-refractivity contribution >= 4 is 23.4 Å². The number of allylic oxidation sites excluding steroid dienone is 1.